The molecular weight excluding hydrogens is 262 g/mol. The maximum Gasteiger partial charge on any atom is 0.306 e. The normalized spacial score (nSPS) is 22.8. The highest BCUT2D eigenvalue weighted by molar-refractivity contribution is 7.18. The minimum atomic E-state index is -0.691. The van der Waals surface area contributed by atoms with Gasteiger partial charge in [0.2, 0.25) is 0 Å². The lowest BCUT2D eigenvalue weighted by atomic mass is 10.1. The van der Waals surface area contributed by atoms with Crippen molar-refractivity contribution in [1.29, 1.82) is 0 Å². The van der Waals surface area contributed by atoms with Gasteiger partial charge in [0.15, 0.2) is 0 Å². The molecule has 0 amide bonds. The van der Waals surface area contributed by atoms with E-state index in [4.69, 9.17) is 5.11 Å². The van der Waals surface area contributed by atoms with Crippen LogP contribution in [0.15, 0.2) is 12.4 Å². The van der Waals surface area contributed by atoms with Crippen LogP contribution in [0.1, 0.15) is 24.1 Å². The molecule has 0 bridgehead atoms. The lowest BCUT2D eigenvalue weighted by Gasteiger charge is -2.13. The molecule has 2 heterocycles. The van der Waals surface area contributed by atoms with Crippen molar-refractivity contribution in [2.75, 3.05) is 5.32 Å². The Morgan fingerprint density at radius 3 is 3.05 bits per heavy atom. The maximum absolute atomic E-state index is 11.0. The zero-order valence-corrected chi connectivity index (χ0v) is 11.4. The van der Waals surface area contributed by atoms with Gasteiger partial charge in [0.05, 0.1) is 11.3 Å². The molecule has 2 atom stereocenters. The molecule has 3 rings (SSSR count). The van der Waals surface area contributed by atoms with E-state index < -0.39 is 5.97 Å². The molecule has 6 heteroatoms. The number of carboxylic acids is 1. The van der Waals surface area contributed by atoms with E-state index in [1.54, 1.807) is 17.7 Å². The third-order valence-electron chi connectivity index (χ3n) is 3.58. The summed E-state index contributed by atoms with van der Waals surface area (Å²) >= 11 is 1.64. The van der Waals surface area contributed by atoms with E-state index in [1.165, 1.54) is 4.88 Å². The number of carboxylic acid groups (broad SMARTS) is 1. The number of aryl methyl sites for hydroxylation is 1. The van der Waals surface area contributed by atoms with Gasteiger partial charge < -0.3 is 10.4 Å². The Morgan fingerprint density at radius 2 is 2.32 bits per heavy atom. The number of rotatable bonds is 3. The van der Waals surface area contributed by atoms with Crippen LogP contribution >= 0.6 is 11.3 Å². The van der Waals surface area contributed by atoms with E-state index in [2.05, 4.69) is 21.4 Å². The number of nitrogens with zero attached hydrogens (tertiary/aromatic N) is 2. The number of fused-ring (bicyclic) bond motifs is 1. The molecule has 0 aromatic carbocycles. The summed E-state index contributed by atoms with van der Waals surface area (Å²) < 4.78 is 0. The second kappa shape index (κ2) is 4.77. The van der Waals surface area contributed by atoms with Gasteiger partial charge in [0, 0.05) is 10.9 Å². The Hall–Kier alpha value is -1.69. The Balaban J connectivity index is 1.80. The van der Waals surface area contributed by atoms with Crippen LogP contribution in [-0.2, 0) is 4.79 Å². The molecule has 0 spiro atoms. The van der Waals surface area contributed by atoms with Crippen molar-refractivity contribution in [2.45, 2.75) is 32.2 Å². The predicted molar refractivity (Wildman–Crippen MR) is 74.5 cm³/mol. The van der Waals surface area contributed by atoms with Crippen molar-refractivity contribution in [3.05, 3.63) is 17.3 Å². The smallest absolute Gasteiger partial charge is 0.306 e. The van der Waals surface area contributed by atoms with Gasteiger partial charge in [-0.25, -0.2) is 9.97 Å². The van der Waals surface area contributed by atoms with Crippen molar-refractivity contribution in [3.8, 4) is 0 Å². The van der Waals surface area contributed by atoms with Crippen molar-refractivity contribution < 1.29 is 9.90 Å². The number of carbonyl (C=O) groups is 1. The number of aromatic nitrogens is 2. The monoisotopic (exact) mass is 277 g/mol. The molecule has 19 heavy (non-hydrogen) atoms. The maximum atomic E-state index is 11.0. The summed E-state index contributed by atoms with van der Waals surface area (Å²) in [7, 11) is 0. The highest BCUT2D eigenvalue weighted by Gasteiger charge is 2.30. The number of hydrogen-bond donors (Lipinski definition) is 2. The Labute approximate surface area is 114 Å². The topological polar surface area (TPSA) is 75.1 Å². The average molecular weight is 277 g/mol. The van der Waals surface area contributed by atoms with Crippen LogP contribution in [0.4, 0.5) is 5.82 Å². The highest BCUT2D eigenvalue weighted by atomic mass is 32.1. The van der Waals surface area contributed by atoms with Crippen molar-refractivity contribution in [3.63, 3.8) is 0 Å². The Bertz CT molecular complexity index is 625. The molecular formula is C13H15N3O2S. The van der Waals surface area contributed by atoms with Gasteiger partial charge in [-0.15, -0.1) is 11.3 Å². The van der Waals surface area contributed by atoms with Crippen LogP contribution in [-0.4, -0.2) is 27.1 Å². The zero-order valence-electron chi connectivity index (χ0n) is 10.6. The van der Waals surface area contributed by atoms with Crippen LogP contribution in [0.25, 0.3) is 10.2 Å². The molecule has 2 aromatic heterocycles. The minimum absolute atomic E-state index is 0.194. The van der Waals surface area contributed by atoms with Crippen LogP contribution < -0.4 is 5.32 Å². The van der Waals surface area contributed by atoms with Crippen LogP contribution in [0.2, 0.25) is 0 Å². The number of thiophene rings is 1. The van der Waals surface area contributed by atoms with E-state index in [9.17, 15) is 4.79 Å². The van der Waals surface area contributed by atoms with E-state index in [0.29, 0.717) is 6.42 Å². The van der Waals surface area contributed by atoms with Crippen molar-refractivity contribution in [2.24, 2.45) is 5.92 Å². The first-order valence-corrected chi connectivity index (χ1v) is 7.15. The number of nitrogens with one attached hydrogen (secondary N) is 1. The second-order valence-electron chi connectivity index (χ2n) is 4.99. The Kier molecular flexibility index (Phi) is 3.10. The molecule has 100 valence electrons. The lowest BCUT2D eigenvalue weighted by Crippen LogP contribution is -2.18. The van der Waals surface area contributed by atoms with Gasteiger partial charge in [0.1, 0.15) is 17.0 Å². The van der Waals surface area contributed by atoms with E-state index in [-0.39, 0.29) is 12.0 Å². The summed E-state index contributed by atoms with van der Waals surface area (Å²) in [4.78, 5) is 21.7. The molecule has 2 aromatic rings. The fourth-order valence-corrected chi connectivity index (χ4v) is 3.47. The SMILES string of the molecule is Cc1cc2c(N[C@H]3CC[C@@H](C(=O)O)C3)ncnc2s1. The van der Waals surface area contributed by atoms with E-state index in [1.807, 2.05) is 6.92 Å². The molecule has 0 saturated heterocycles. The minimum Gasteiger partial charge on any atom is -0.481 e. The van der Waals surface area contributed by atoms with Crippen LogP contribution in [0, 0.1) is 12.8 Å². The van der Waals surface area contributed by atoms with Gasteiger partial charge in [-0.2, -0.15) is 0 Å². The fraction of sp³-hybridized carbons (Fsp3) is 0.462. The first kappa shape index (κ1) is 12.3. The van der Waals surface area contributed by atoms with Gasteiger partial charge in [-0.05, 0) is 32.3 Å². The largest absolute Gasteiger partial charge is 0.481 e. The molecule has 1 fully saturated rings. The van der Waals surface area contributed by atoms with Gasteiger partial charge in [0.25, 0.3) is 0 Å². The van der Waals surface area contributed by atoms with Crippen molar-refractivity contribution >= 4 is 33.3 Å². The standard InChI is InChI=1S/C13H15N3O2S/c1-7-4-10-11(14-6-15-12(10)19-7)16-9-3-2-8(5-9)13(17)18/h4,6,8-9H,2-3,5H2,1H3,(H,17,18)(H,14,15,16)/t8-,9+/m1/s1. The fourth-order valence-electron chi connectivity index (χ4n) is 2.62. The molecule has 0 unspecified atom stereocenters. The second-order valence-corrected chi connectivity index (χ2v) is 6.22. The van der Waals surface area contributed by atoms with Gasteiger partial charge >= 0.3 is 5.97 Å². The first-order valence-electron chi connectivity index (χ1n) is 6.34. The summed E-state index contributed by atoms with van der Waals surface area (Å²) in [6, 6.07) is 2.27. The van der Waals surface area contributed by atoms with Gasteiger partial charge in [-0.3, -0.25) is 4.79 Å². The first-order chi connectivity index (χ1) is 9.13. The van der Waals surface area contributed by atoms with Crippen LogP contribution in [0.5, 0.6) is 0 Å². The summed E-state index contributed by atoms with van der Waals surface area (Å²) in [5.41, 5.74) is 0. The zero-order chi connectivity index (χ0) is 13.4. The average Bonchev–Trinajstić information content (AvgIpc) is 2.95. The third-order valence-corrected chi connectivity index (χ3v) is 4.53. The molecule has 1 aliphatic rings. The van der Waals surface area contributed by atoms with Crippen molar-refractivity contribution in [1.82, 2.24) is 9.97 Å². The lowest BCUT2D eigenvalue weighted by molar-refractivity contribution is -0.141. The predicted octanol–water partition coefficient (Wildman–Crippen LogP) is 2.66. The summed E-state index contributed by atoms with van der Waals surface area (Å²) in [5.74, 6) is -0.0899. The molecule has 1 saturated carbocycles. The number of aliphatic carboxylic acids is 1. The number of hydrogen-bond acceptors (Lipinski definition) is 5. The number of anilines is 1. The van der Waals surface area contributed by atoms with Crippen LogP contribution in [0.3, 0.4) is 0 Å². The molecule has 0 radical (unpaired) electrons. The van der Waals surface area contributed by atoms with E-state index >= 15 is 0 Å². The quantitative estimate of drug-likeness (QED) is 0.902. The molecule has 1 aliphatic carbocycles. The Morgan fingerprint density at radius 1 is 1.47 bits per heavy atom. The third kappa shape index (κ3) is 2.40. The highest BCUT2D eigenvalue weighted by Crippen LogP contribution is 2.32. The summed E-state index contributed by atoms with van der Waals surface area (Å²) in [5, 5.41) is 13.4. The summed E-state index contributed by atoms with van der Waals surface area (Å²) in [6.07, 6.45) is 3.85. The van der Waals surface area contributed by atoms with E-state index in [0.717, 1.165) is 28.9 Å². The summed E-state index contributed by atoms with van der Waals surface area (Å²) in [6.45, 7) is 2.05. The van der Waals surface area contributed by atoms with Gasteiger partial charge in [-0.1, -0.05) is 0 Å². The molecule has 0 aliphatic heterocycles. The molecule has 5 nitrogen and oxygen atoms in total. The molecule has 2 N–H and O–H groups in total.